The highest BCUT2D eigenvalue weighted by Gasteiger charge is 2.26. The van der Waals surface area contributed by atoms with Crippen LogP contribution in [0.2, 0.25) is 0 Å². The van der Waals surface area contributed by atoms with Crippen LogP contribution < -0.4 is 11.5 Å². The SMILES string of the molecule is CC(N)(Cn1cc(Br)cn1)C(N)=O. The maximum atomic E-state index is 10.9. The average Bonchev–Trinajstić information content (AvgIpc) is 2.34. The number of aromatic nitrogens is 2. The zero-order valence-electron chi connectivity index (χ0n) is 7.20. The van der Waals surface area contributed by atoms with Crippen LogP contribution in [-0.2, 0) is 11.3 Å². The van der Waals surface area contributed by atoms with Crippen molar-refractivity contribution in [2.75, 3.05) is 0 Å². The van der Waals surface area contributed by atoms with Crippen molar-refractivity contribution in [3.8, 4) is 0 Å². The molecule has 4 N–H and O–H groups in total. The molecule has 1 aromatic rings. The topological polar surface area (TPSA) is 86.9 Å². The van der Waals surface area contributed by atoms with Gasteiger partial charge in [-0.25, -0.2) is 0 Å². The molecule has 0 fully saturated rings. The van der Waals surface area contributed by atoms with E-state index in [-0.39, 0.29) is 6.54 Å². The van der Waals surface area contributed by atoms with Crippen molar-refractivity contribution in [3.63, 3.8) is 0 Å². The third-order valence-corrected chi connectivity index (χ3v) is 2.06. The van der Waals surface area contributed by atoms with Gasteiger partial charge < -0.3 is 11.5 Å². The molecule has 0 saturated heterocycles. The number of hydrogen-bond acceptors (Lipinski definition) is 3. The van der Waals surface area contributed by atoms with Gasteiger partial charge in [0.25, 0.3) is 0 Å². The number of nitrogens with zero attached hydrogens (tertiary/aromatic N) is 2. The van der Waals surface area contributed by atoms with Gasteiger partial charge in [-0.1, -0.05) is 0 Å². The average molecular weight is 247 g/mol. The van der Waals surface area contributed by atoms with E-state index in [1.165, 1.54) is 0 Å². The second-order valence-corrected chi connectivity index (χ2v) is 4.05. The van der Waals surface area contributed by atoms with Crippen LogP contribution in [0.4, 0.5) is 0 Å². The standard InChI is InChI=1S/C7H11BrN4O/c1-7(10,6(9)13)4-12-3-5(8)2-11-12/h2-3H,4,10H2,1H3,(H2,9,13). The van der Waals surface area contributed by atoms with Gasteiger partial charge in [0.1, 0.15) is 5.54 Å². The van der Waals surface area contributed by atoms with Crippen molar-refractivity contribution in [3.05, 3.63) is 16.9 Å². The van der Waals surface area contributed by atoms with E-state index in [0.717, 1.165) is 4.47 Å². The monoisotopic (exact) mass is 246 g/mol. The van der Waals surface area contributed by atoms with Gasteiger partial charge in [-0.2, -0.15) is 5.10 Å². The van der Waals surface area contributed by atoms with Gasteiger partial charge in [0.05, 0.1) is 17.2 Å². The second kappa shape index (κ2) is 3.47. The van der Waals surface area contributed by atoms with Crippen LogP contribution in [0.3, 0.4) is 0 Å². The molecule has 0 saturated carbocycles. The van der Waals surface area contributed by atoms with Crippen LogP contribution >= 0.6 is 15.9 Å². The van der Waals surface area contributed by atoms with Gasteiger partial charge in [-0.15, -0.1) is 0 Å². The summed E-state index contributed by atoms with van der Waals surface area (Å²) in [6.45, 7) is 1.85. The minimum absolute atomic E-state index is 0.272. The number of halogens is 1. The minimum atomic E-state index is -1.06. The zero-order valence-corrected chi connectivity index (χ0v) is 8.78. The van der Waals surface area contributed by atoms with Crippen LogP contribution in [0, 0.1) is 0 Å². The van der Waals surface area contributed by atoms with Crippen molar-refractivity contribution in [2.24, 2.45) is 11.5 Å². The molecule has 5 nitrogen and oxygen atoms in total. The van der Waals surface area contributed by atoms with Crippen molar-refractivity contribution in [1.29, 1.82) is 0 Å². The first-order valence-electron chi connectivity index (χ1n) is 3.68. The second-order valence-electron chi connectivity index (χ2n) is 3.14. The normalized spacial score (nSPS) is 15.3. The Kier molecular flexibility index (Phi) is 2.72. The lowest BCUT2D eigenvalue weighted by Crippen LogP contribution is -2.52. The first kappa shape index (κ1) is 10.2. The number of carbonyl (C=O) groups is 1. The number of carbonyl (C=O) groups excluding carboxylic acids is 1. The van der Waals surface area contributed by atoms with Crippen molar-refractivity contribution in [2.45, 2.75) is 19.0 Å². The summed E-state index contributed by atoms with van der Waals surface area (Å²) in [6.07, 6.45) is 3.35. The molecule has 0 aliphatic rings. The fourth-order valence-electron chi connectivity index (χ4n) is 0.839. The van der Waals surface area contributed by atoms with E-state index in [2.05, 4.69) is 21.0 Å². The Morgan fingerprint density at radius 2 is 2.46 bits per heavy atom. The van der Waals surface area contributed by atoms with Gasteiger partial charge >= 0.3 is 0 Å². The summed E-state index contributed by atoms with van der Waals surface area (Å²) >= 11 is 3.24. The molecular formula is C7H11BrN4O. The first-order chi connectivity index (χ1) is 5.92. The maximum Gasteiger partial charge on any atom is 0.239 e. The molecular weight excluding hydrogens is 236 g/mol. The molecule has 1 rings (SSSR count). The van der Waals surface area contributed by atoms with E-state index in [1.807, 2.05) is 0 Å². The largest absolute Gasteiger partial charge is 0.368 e. The van der Waals surface area contributed by atoms with Gasteiger partial charge in [0, 0.05) is 6.20 Å². The van der Waals surface area contributed by atoms with E-state index in [9.17, 15) is 4.79 Å². The number of rotatable bonds is 3. The van der Waals surface area contributed by atoms with Gasteiger partial charge in [0.2, 0.25) is 5.91 Å². The lowest BCUT2D eigenvalue weighted by Gasteiger charge is -2.19. The van der Waals surface area contributed by atoms with E-state index in [4.69, 9.17) is 11.5 Å². The summed E-state index contributed by atoms with van der Waals surface area (Å²) in [4.78, 5) is 10.9. The molecule has 0 aliphatic carbocycles. The smallest absolute Gasteiger partial charge is 0.239 e. The van der Waals surface area contributed by atoms with E-state index in [0.29, 0.717) is 0 Å². The molecule has 1 amide bonds. The van der Waals surface area contributed by atoms with Crippen LogP contribution in [0.5, 0.6) is 0 Å². The van der Waals surface area contributed by atoms with E-state index < -0.39 is 11.4 Å². The third kappa shape index (κ3) is 2.53. The molecule has 1 atom stereocenters. The van der Waals surface area contributed by atoms with Crippen LogP contribution in [-0.4, -0.2) is 21.2 Å². The molecule has 6 heteroatoms. The maximum absolute atomic E-state index is 10.9. The predicted molar refractivity (Wildman–Crippen MR) is 51.7 cm³/mol. The molecule has 1 aromatic heterocycles. The fourth-order valence-corrected chi connectivity index (χ4v) is 1.17. The van der Waals surface area contributed by atoms with Crippen molar-refractivity contribution < 1.29 is 4.79 Å². The number of primary amides is 1. The highest BCUT2D eigenvalue weighted by molar-refractivity contribution is 9.10. The van der Waals surface area contributed by atoms with Crippen molar-refractivity contribution >= 4 is 21.8 Å². The van der Waals surface area contributed by atoms with Gasteiger partial charge in [-0.05, 0) is 22.9 Å². The van der Waals surface area contributed by atoms with Crippen LogP contribution in [0.1, 0.15) is 6.92 Å². The highest BCUT2D eigenvalue weighted by atomic mass is 79.9. The number of hydrogen-bond donors (Lipinski definition) is 2. The summed E-state index contributed by atoms with van der Waals surface area (Å²) in [6, 6.07) is 0. The number of nitrogens with two attached hydrogens (primary N) is 2. The Hall–Kier alpha value is -0.880. The fraction of sp³-hybridized carbons (Fsp3) is 0.429. The Morgan fingerprint density at radius 1 is 1.85 bits per heavy atom. The molecule has 0 aromatic carbocycles. The Morgan fingerprint density at radius 3 is 2.85 bits per heavy atom. The molecule has 0 radical (unpaired) electrons. The Bertz CT molecular complexity index is 320. The molecule has 13 heavy (non-hydrogen) atoms. The molecule has 0 spiro atoms. The molecule has 1 unspecified atom stereocenters. The Labute approximate surface area is 84.2 Å². The molecule has 0 bridgehead atoms. The minimum Gasteiger partial charge on any atom is -0.368 e. The quantitative estimate of drug-likeness (QED) is 0.778. The summed E-state index contributed by atoms with van der Waals surface area (Å²) in [7, 11) is 0. The first-order valence-corrected chi connectivity index (χ1v) is 4.48. The molecule has 1 heterocycles. The molecule has 0 aliphatic heterocycles. The highest BCUT2D eigenvalue weighted by Crippen LogP contribution is 2.09. The summed E-state index contributed by atoms with van der Waals surface area (Å²) in [5.41, 5.74) is 9.69. The van der Waals surface area contributed by atoms with Gasteiger partial charge in [-0.3, -0.25) is 9.48 Å². The van der Waals surface area contributed by atoms with Crippen molar-refractivity contribution in [1.82, 2.24) is 9.78 Å². The van der Waals surface area contributed by atoms with E-state index in [1.54, 1.807) is 24.0 Å². The lowest BCUT2D eigenvalue weighted by atomic mass is 10.0. The van der Waals surface area contributed by atoms with Crippen LogP contribution in [0.15, 0.2) is 16.9 Å². The predicted octanol–water partition coefficient (Wildman–Crippen LogP) is -0.152. The third-order valence-electron chi connectivity index (χ3n) is 1.66. The summed E-state index contributed by atoms with van der Waals surface area (Å²) < 4.78 is 2.40. The van der Waals surface area contributed by atoms with Crippen LogP contribution in [0.25, 0.3) is 0 Å². The molecule has 72 valence electrons. The lowest BCUT2D eigenvalue weighted by molar-refractivity contribution is -0.123. The Balaban J connectivity index is 2.74. The summed E-state index contributed by atoms with van der Waals surface area (Å²) in [5.74, 6) is -0.542. The zero-order chi connectivity index (χ0) is 10.1. The number of amides is 1. The van der Waals surface area contributed by atoms with E-state index >= 15 is 0 Å². The summed E-state index contributed by atoms with van der Waals surface area (Å²) in [5, 5.41) is 3.97. The van der Waals surface area contributed by atoms with Gasteiger partial charge in [0.15, 0.2) is 0 Å².